The molecule has 9 nitrogen and oxygen atoms in total. The van der Waals surface area contributed by atoms with Gasteiger partial charge in [0.2, 0.25) is 12.0 Å². The number of methoxy groups -OCH3 is 3. The number of aromatic nitrogens is 2. The number of nitrogens with zero attached hydrogens (tertiary/aromatic N) is 4. The number of hydrogen-bond acceptors (Lipinski definition) is 7. The van der Waals surface area contributed by atoms with Gasteiger partial charge in [0.25, 0.3) is 5.91 Å². The molecule has 0 bridgehead atoms. The first-order chi connectivity index (χ1) is 24.3. The monoisotopic (exact) mass is 680 g/mol. The molecular weight excluding hydrogens is 635 g/mol. The minimum atomic E-state index is -1.48. The van der Waals surface area contributed by atoms with E-state index in [-0.39, 0.29) is 11.8 Å². The second kappa shape index (κ2) is 15.3. The number of benzene rings is 4. The second-order valence-corrected chi connectivity index (χ2v) is 12.9. The number of likely N-dealkylation sites (N-methyl/N-ethyl adjacent to an activating group) is 1. The van der Waals surface area contributed by atoms with E-state index in [0.717, 1.165) is 18.5 Å². The molecule has 0 radical (unpaired) electrons. The first kappa shape index (κ1) is 34.9. The lowest BCUT2D eigenvalue weighted by atomic mass is 9.89. The number of alkyl halides is 1. The average Bonchev–Trinajstić information content (AvgIpc) is 3.57. The van der Waals surface area contributed by atoms with Gasteiger partial charge in [0.05, 0.1) is 32.4 Å². The van der Waals surface area contributed by atoms with Crippen molar-refractivity contribution in [2.75, 3.05) is 54.6 Å². The number of carbonyl (C=O) groups excluding carboxylic acids is 1. The first-order valence-electron chi connectivity index (χ1n) is 17.0. The smallest absolute Gasteiger partial charge is 0.253 e. The topological polar surface area (TPSA) is 89.3 Å². The number of carbonyl (C=O) groups is 1. The van der Waals surface area contributed by atoms with Crippen molar-refractivity contribution in [1.29, 1.82) is 0 Å². The molecule has 2 unspecified atom stereocenters. The van der Waals surface area contributed by atoms with E-state index in [1.165, 1.54) is 21.3 Å². The van der Waals surface area contributed by atoms with Crippen molar-refractivity contribution in [1.82, 2.24) is 19.4 Å². The summed E-state index contributed by atoms with van der Waals surface area (Å²) in [7, 11) is 6.40. The zero-order valence-corrected chi connectivity index (χ0v) is 29.1. The summed E-state index contributed by atoms with van der Waals surface area (Å²) in [6.07, 6.45) is 0.168. The number of rotatable bonds is 13. The Hall–Kier alpha value is -4.93. The number of likely N-dealkylation sites (tertiary alicyclic amines) is 1. The third kappa shape index (κ3) is 7.18. The Morgan fingerprint density at radius 2 is 1.46 bits per heavy atom. The molecule has 0 spiro atoms. The normalized spacial score (nSPS) is 15.7. The van der Waals surface area contributed by atoms with Crippen LogP contribution in [0.3, 0.4) is 0 Å². The number of amides is 1. The highest BCUT2D eigenvalue weighted by molar-refractivity contribution is 5.95. The van der Waals surface area contributed by atoms with Crippen molar-refractivity contribution in [3.05, 3.63) is 120 Å². The summed E-state index contributed by atoms with van der Waals surface area (Å²) in [5.74, 6) is 1.55. The van der Waals surface area contributed by atoms with Crippen molar-refractivity contribution in [3.63, 3.8) is 0 Å². The molecule has 1 aliphatic heterocycles. The maximum Gasteiger partial charge on any atom is 0.253 e. The highest BCUT2D eigenvalue weighted by atomic mass is 19.1. The van der Waals surface area contributed by atoms with Gasteiger partial charge in [-0.25, -0.2) is 9.37 Å². The maximum absolute atomic E-state index is 16.2. The van der Waals surface area contributed by atoms with Crippen LogP contribution in [-0.4, -0.2) is 84.9 Å². The molecule has 1 aliphatic rings. The Balaban J connectivity index is 1.16. The SMILES string of the molecule is COc1cc(C(=O)N(C)CC(CCN2CCC(O)(c3nc4ccccc4n3C(F)c3ccccc3)CC2)c2ccccc2)cc(OC)c1OC. The average molecular weight is 681 g/mol. The van der Waals surface area contributed by atoms with Crippen molar-refractivity contribution in [2.45, 2.75) is 37.1 Å². The predicted molar refractivity (Wildman–Crippen MR) is 192 cm³/mol. The summed E-state index contributed by atoms with van der Waals surface area (Å²) in [4.78, 5) is 22.6. The van der Waals surface area contributed by atoms with Crippen LogP contribution < -0.4 is 14.2 Å². The first-order valence-corrected chi connectivity index (χ1v) is 17.0. The number of fused-ring (bicyclic) bond motifs is 1. The van der Waals surface area contributed by atoms with Crippen molar-refractivity contribution in [2.24, 2.45) is 0 Å². The van der Waals surface area contributed by atoms with E-state index in [2.05, 4.69) is 17.0 Å². The highest BCUT2D eigenvalue weighted by Gasteiger charge is 2.40. The van der Waals surface area contributed by atoms with Crippen molar-refractivity contribution in [3.8, 4) is 17.2 Å². The van der Waals surface area contributed by atoms with Crippen molar-refractivity contribution >= 4 is 16.9 Å². The lowest BCUT2D eigenvalue weighted by Crippen LogP contribution is -2.45. The van der Waals surface area contributed by atoms with Gasteiger partial charge in [-0.15, -0.1) is 0 Å². The van der Waals surface area contributed by atoms with Crippen LogP contribution in [0.15, 0.2) is 97.1 Å². The van der Waals surface area contributed by atoms with E-state index in [0.29, 0.717) is 77.7 Å². The third-order valence-corrected chi connectivity index (χ3v) is 9.81. The summed E-state index contributed by atoms with van der Waals surface area (Å²) in [6.45, 7) is 2.53. The number of halogens is 1. The summed E-state index contributed by atoms with van der Waals surface area (Å²) in [6, 6.07) is 30.0. The number of imidazole rings is 1. The van der Waals surface area contributed by atoms with Crippen LogP contribution in [0.2, 0.25) is 0 Å². The summed E-state index contributed by atoms with van der Waals surface area (Å²) >= 11 is 0. The molecule has 10 heteroatoms. The third-order valence-electron chi connectivity index (χ3n) is 9.81. The molecule has 1 saturated heterocycles. The van der Waals surface area contributed by atoms with Crippen molar-refractivity contribution < 1.29 is 28.5 Å². The minimum Gasteiger partial charge on any atom is -0.493 e. The Morgan fingerprint density at radius 3 is 2.06 bits per heavy atom. The summed E-state index contributed by atoms with van der Waals surface area (Å²) in [5, 5.41) is 12.0. The van der Waals surface area contributed by atoms with E-state index in [9.17, 15) is 9.90 Å². The van der Waals surface area contributed by atoms with E-state index >= 15 is 4.39 Å². The summed E-state index contributed by atoms with van der Waals surface area (Å²) < 4.78 is 34.2. The molecule has 6 rings (SSSR count). The predicted octanol–water partition coefficient (Wildman–Crippen LogP) is 6.81. The number of ether oxygens (including phenoxy) is 3. The number of hydrogen-bond donors (Lipinski definition) is 1. The van der Waals surface area contributed by atoms with E-state index in [1.807, 2.05) is 67.7 Å². The van der Waals surface area contributed by atoms with Gasteiger partial charge in [-0.3, -0.25) is 9.36 Å². The van der Waals surface area contributed by atoms with Crippen LogP contribution in [-0.2, 0) is 5.60 Å². The van der Waals surface area contributed by atoms with Gasteiger partial charge >= 0.3 is 0 Å². The highest BCUT2D eigenvalue weighted by Crippen LogP contribution is 2.40. The van der Waals surface area contributed by atoms with Crippen LogP contribution in [0.5, 0.6) is 17.2 Å². The fraction of sp³-hybridized carbons (Fsp3) is 0.350. The second-order valence-electron chi connectivity index (χ2n) is 12.9. The molecular formula is C40H45FN4O5. The van der Waals surface area contributed by atoms with Crippen LogP contribution in [0.1, 0.15) is 58.8 Å². The molecule has 0 saturated carbocycles. The molecule has 2 atom stereocenters. The maximum atomic E-state index is 16.2. The van der Waals surface area contributed by atoms with Gasteiger partial charge in [-0.1, -0.05) is 72.8 Å². The molecule has 1 fully saturated rings. The van der Waals surface area contributed by atoms with E-state index < -0.39 is 11.9 Å². The van der Waals surface area contributed by atoms with Crippen LogP contribution in [0.4, 0.5) is 4.39 Å². The molecule has 5 aromatic rings. The van der Waals surface area contributed by atoms with E-state index in [1.54, 1.807) is 33.7 Å². The Bertz CT molecular complexity index is 1870. The minimum absolute atomic E-state index is 0.0652. The van der Waals surface area contributed by atoms with Crippen LogP contribution >= 0.6 is 0 Å². The van der Waals surface area contributed by atoms with Crippen LogP contribution in [0, 0.1) is 0 Å². The Labute approximate surface area is 292 Å². The van der Waals surface area contributed by atoms with Gasteiger partial charge in [-0.05, 0) is 55.6 Å². The zero-order chi connectivity index (χ0) is 35.3. The summed E-state index contributed by atoms with van der Waals surface area (Å²) in [5.41, 5.74) is 2.14. The fourth-order valence-electron chi connectivity index (χ4n) is 7.00. The number of para-hydroxylation sites is 2. The number of piperidine rings is 1. The quantitative estimate of drug-likeness (QED) is 0.146. The van der Waals surface area contributed by atoms with E-state index in [4.69, 9.17) is 19.2 Å². The number of aliphatic hydroxyl groups is 1. The standard InChI is InChI=1S/C40H45FN4O5/c1-43(38(46)31-25-34(48-2)36(50-4)35(26-31)49-3)27-30(28-13-7-5-8-14-28)19-22-44-23-20-40(47,21-24-44)39-42-32-17-11-12-18-33(32)45(39)37(41)29-15-9-6-10-16-29/h5-18,25-26,30,37,47H,19-24,27H2,1-4H3. The van der Waals surface area contributed by atoms with Gasteiger partial charge in [0.1, 0.15) is 11.4 Å². The zero-order valence-electron chi connectivity index (χ0n) is 29.1. The van der Waals surface area contributed by atoms with Gasteiger partial charge in [-0.2, -0.15) is 0 Å². The fourth-order valence-corrected chi connectivity index (χ4v) is 7.00. The molecule has 4 aromatic carbocycles. The molecule has 1 N–H and O–H groups in total. The largest absolute Gasteiger partial charge is 0.493 e. The molecule has 1 amide bonds. The molecule has 262 valence electrons. The van der Waals surface area contributed by atoms with Gasteiger partial charge < -0.3 is 29.1 Å². The van der Waals surface area contributed by atoms with Gasteiger partial charge in [0.15, 0.2) is 11.5 Å². The lowest BCUT2D eigenvalue weighted by Gasteiger charge is -2.39. The van der Waals surface area contributed by atoms with Gasteiger partial charge in [0, 0.05) is 43.7 Å². The van der Waals surface area contributed by atoms with Crippen LogP contribution in [0.25, 0.3) is 11.0 Å². The molecule has 2 heterocycles. The Morgan fingerprint density at radius 1 is 0.880 bits per heavy atom. The molecule has 0 aliphatic carbocycles. The Kier molecular flexibility index (Phi) is 10.7. The lowest BCUT2D eigenvalue weighted by molar-refractivity contribution is -0.0378. The molecule has 1 aromatic heterocycles. The molecule has 50 heavy (non-hydrogen) atoms.